The topological polar surface area (TPSA) is 46.5 Å². The van der Waals surface area contributed by atoms with E-state index >= 15 is 0 Å². The van der Waals surface area contributed by atoms with Gasteiger partial charge in [-0.1, -0.05) is 17.7 Å². The molecule has 2 unspecified atom stereocenters. The molecule has 0 spiro atoms. The predicted octanol–water partition coefficient (Wildman–Crippen LogP) is 4.67. The summed E-state index contributed by atoms with van der Waals surface area (Å²) < 4.78 is 22.5. The van der Waals surface area contributed by atoms with E-state index in [-0.39, 0.29) is 36.5 Å². The minimum Gasteiger partial charge on any atom is -0.376 e. The molecule has 1 aromatic carbocycles. The molecule has 1 aromatic heterocycles. The lowest BCUT2D eigenvalue weighted by Crippen LogP contribution is -2.47. The molecule has 1 aliphatic rings. The fourth-order valence-electron chi connectivity index (χ4n) is 4.46. The number of morpholine rings is 1. The normalized spacial score (nSPS) is 18.6. The summed E-state index contributed by atoms with van der Waals surface area (Å²) in [6.45, 7) is 12.3. The molecule has 0 saturated carbocycles. The molecule has 3 rings (SSSR count). The van der Waals surface area contributed by atoms with Crippen molar-refractivity contribution in [2.75, 3.05) is 26.2 Å². The summed E-state index contributed by atoms with van der Waals surface area (Å²) in [4.78, 5) is 15.1. The number of ether oxygens (including phenoxy) is 1. The molecule has 0 bridgehead atoms. The van der Waals surface area contributed by atoms with Crippen LogP contribution in [-0.2, 0) is 4.74 Å². The highest BCUT2D eigenvalue weighted by molar-refractivity contribution is 6.31. The van der Waals surface area contributed by atoms with E-state index in [0.29, 0.717) is 35.8 Å². The number of nitrogens with zero attached hydrogens (tertiary/aromatic N) is 2. The first kappa shape index (κ1) is 22.8. The van der Waals surface area contributed by atoms with Crippen LogP contribution in [0.3, 0.4) is 0 Å². The Labute approximate surface area is 183 Å². The Morgan fingerprint density at radius 1 is 1.37 bits per heavy atom. The number of carbonyl (C=O) groups excluding carboxylic acids is 1. The molecule has 0 radical (unpaired) electrons. The van der Waals surface area contributed by atoms with Crippen LogP contribution in [0.25, 0.3) is 0 Å². The number of aromatic nitrogens is 1. The van der Waals surface area contributed by atoms with Gasteiger partial charge < -0.3 is 14.6 Å². The highest BCUT2D eigenvalue weighted by Crippen LogP contribution is 2.31. The minimum atomic E-state index is -0.373. The van der Waals surface area contributed by atoms with E-state index in [2.05, 4.69) is 28.6 Å². The zero-order valence-electron chi connectivity index (χ0n) is 18.3. The van der Waals surface area contributed by atoms with E-state index in [9.17, 15) is 9.18 Å². The number of nitrogens with one attached hydrogen (secondary N) is 1. The third kappa shape index (κ3) is 4.71. The maximum Gasteiger partial charge on any atom is 0.253 e. The highest BCUT2D eigenvalue weighted by atomic mass is 35.5. The van der Waals surface area contributed by atoms with Crippen LogP contribution in [0.15, 0.2) is 24.3 Å². The van der Waals surface area contributed by atoms with Crippen LogP contribution in [0.4, 0.5) is 4.39 Å². The maximum absolute atomic E-state index is 14.8. The Kier molecular flexibility index (Phi) is 7.22. The molecular formula is C23H31ClFN3O2. The van der Waals surface area contributed by atoms with Gasteiger partial charge in [0.1, 0.15) is 5.82 Å². The van der Waals surface area contributed by atoms with Gasteiger partial charge in [-0.05, 0) is 52.8 Å². The largest absolute Gasteiger partial charge is 0.376 e. The van der Waals surface area contributed by atoms with Crippen molar-refractivity contribution in [2.24, 2.45) is 0 Å². The van der Waals surface area contributed by atoms with Crippen LogP contribution < -0.4 is 5.32 Å². The van der Waals surface area contributed by atoms with Gasteiger partial charge in [0.05, 0.1) is 24.3 Å². The van der Waals surface area contributed by atoms with Gasteiger partial charge in [0.25, 0.3) is 5.91 Å². The summed E-state index contributed by atoms with van der Waals surface area (Å²) in [6, 6.07) is 6.51. The van der Waals surface area contributed by atoms with Gasteiger partial charge in [-0.3, -0.25) is 9.69 Å². The number of hydrogen-bond donors (Lipinski definition) is 1. The SMILES string of the molecule is Cc1cc(C(=O)NCC(c2c(F)cccc2Cl)N2CCOC(C)C2)c(C)n1C(C)C. The quantitative estimate of drug-likeness (QED) is 0.717. The van der Waals surface area contributed by atoms with Gasteiger partial charge in [-0.15, -0.1) is 0 Å². The monoisotopic (exact) mass is 435 g/mol. The summed E-state index contributed by atoms with van der Waals surface area (Å²) >= 11 is 6.38. The van der Waals surface area contributed by atoms with Gasteiger partial charge in [0, 0.05) is 47.7 Å². The second-order valence-corrected chi connectivity index (χ2v) is 8.69. The van der Waals surface area contributed by atoms with Gasteiger partial charge in [0.2, 0.25) is 0 Å². The molecule has 1 N–H and O–H groups in total. The van der Waals surface area contributed by atoms with E-state index in [0.717, 1.165) is 11.4 Å². The maximum atomic E-state index is 14.8. The molecule has 1 saturated heterocycles. The molecular weight excluding hydrogens is 405 g/mol. The van der Waals surface area contributed by atoms with Crippen LogP contribution in [0, 0.1) is 19.7 Å². The Balaban J connectivity index is 1.85. The number of aryl methyl sites for hydroxylation is 1. The van der Waals surface area contributed by atoms with E-state index in [1.165, 1.54) is 6.07 Å². The van der Waals surface area contributed by atoms with Gasteiger partial charge in [-0.25, -0.2) is 4.39 Å². The van der Waals surface area contributed by atoms with Crippen molar-refractivity contribution in [1.29, 1.82) is 0 Å². The van der Waals surface area contributed by atoms with Crippen LogP contribution >= 0.6 is 11.6 Å². The molecule has 1 aliphatic heterocycles. The number of halogens is 2. The first-order valence-electron chi connectivity index (χ1n) is 10.5. The van der Waals surface area contributed by atoms with E-state index in [1.54, 1.807) is 12.1 Å². The average molecular weight is 436 g/mol. The fourth-order valence-corrected chi connectivity index (χ4v) is 4.75. The molecule has 0 aliphatic carbocycles. The summed E-state index contributed by atoms with van der Waals surface area (Å²) in [7, 11) is 0. The van der Waals surface area contributed by atoms with Crippen LogP contribution in [0.2, 0.25) is 5.02 Å². The Hall–Kier alpha value is -1.89. The smallest absolute Gasteiger partial charge is 0.253 e. The van der Waals surface area contributed by atoms with Crippen molar-refractivity contribution < 1.29 is 13.9 Å². The van der Waals surface area contributed by atoms with E-state index in [1.807, 2.05) is 26.8 Å². The average Bonchev–Trinajstić information content (AvgIpc) is 2.98. The zero-order chi connectivity index (χ0) is 22.0. The van der Waals surface area contributed by atoms with Crippen LogP contribution in [0.1, 0.15) is 60.2 Å². The minimum absolute atomic E-state index is 0.0347. The van der Waals surface area contributed by atoms with Crippen molar-refractivity contribution >= 4 is 17.5 Å². The second-order valence-electron chi connectivity index (χ2n) is 8.29. The number of rotatable bonds is 6. The molecule has 7 heteroatoms. The summed E-state index contributed by atoms with van der Waals surface area (Å²) in [5.74, 6) is -0.521. The van der Waals surface area contributed by atoms with Gasteiger partial charge >= 0.3 is 0 Å². The lowest BCUT2D eigenvalue weighted by atomic mass is 10.0. The predicted molar refractivity (Wildman–Crippen MR) is 118 cm³/mol. The standard InChI is InChI=1S/C23H31ClFN3O2/c1-14(2)28-15(3)11-18(17(28)5)23(29)26-12-21(27-9-10-30-16(4)13-27)22-19(24)7-6-8-20(22)25/h6-8,11,14,16,21H,9-10,12-13H2,1-5H3,(H,26,29). The number of benzene rings is 1. The summed E-state index contributed by atoms with van der Waals surface area (Å²) in [5.41, 5.74) is 3.04. The van der Waals surface area contributed by atoms with Crippen molar-refractivity contribution in [3.63, 3.8) is 0 Å². The number of hydrogen-bond acceptors (Lipinski definition) is 3. The first-order valence-corrected chi connectivity index (χ1v) is 10.8. The number of amides is 1. The molecule has 2 atom stereocenters. The second kappa shape index (κ2) is 9.50. The Bertz CT molecular complexity index is 892. The molecule has 30 heavy (non-hydrogen) atoms. The first-order chi connectivity index (χ1) is 14.2. The molecule has 2 aromatic rings. The molecule has 2 heterocycles. The molecule has 1 amide bonds. The fraction of sp³-hybridized carbons (Fsp3) is 0.522. The van der Waals surface area contributed by atoms with Gasteiger partial charge in [0.15, 0.2) is 0 Å². The summed E-state index contributed by atoms with van der Waals surface area (Å²) in [6.07, 6.45) is 0.0347. The molecule has 164 valence electrons. The highest BCUT2D eigenvalue weighted by Gasteiger charge is 2.30. The van der Waals surface area contributed by atoms with Crippen molar-refractivity contribution in [3.05, 3.63) is 57.6 Å². The lowest BCUT2D eigenvalue weighted by Gasteiger charge is -2.38. The molecule has 5 nitrogen and oxygen atoms in total. The van der Waals surface area contributed by atoms with Crippen LogP contribution in [-0.4, -0.2) is 47.7 Å². The van der Waals surface area contributed by atoms with E-state index in [4.69, 9.17) is 16.3 Å². The third-order valence-corrected chi connectivity index (χ3v) is 6.08. The van der Waals surface area contributed by atoms with Crippen molar-refractivity contribution in [1.82, 2.24) is 14.8 Å². The van der Waals surface area contributed by atoms with Crippen molar-refractivity contribution in [2.45, 2.75) is 52.8 Å². The number of carbonyl (C=O) groups is 1. The van der Waals surface area contributed by atoms with Gasteiger partial charge in [-0.2, -0.15) is 0 Å². The molecule has 1 fully saturated rings. The third-order valence-electron chi connectivity index (χ3n) is 5.75. The Morgan fingerprint density at radius 2 is 2.10 bits per heavy atom. The summed E-state index contributed by atoms with van der Waals surface area (Å²) in [5, 5.41) is 3.39. The lowest BCUT2D eigenvalue weighted by molar-refractivity contribution is -0.0346. The van der Waals surface area contributed by atoms with Crippen molar-refractivity contribution in [3.8, 4) is 0 Å². The van der Waals surface area contributed by atoms with Crippen LogP contribution in [0.5, 0.6) is 0 Å². The Morgan fingerprint density at radius 3 is 2.70 bits per heavy atom. The zero-order valence-corrected chi connectivity index (χ0v) is 19.1. The van der Waals surface area contributed by atoms with E-state index < -0.39 is 0 Å².